The van der Waals surface area contributed by atoms with E-state index in [2.05, 4.69) is 4.90 Å². The van der Waals surface area contributed by atoms with E-state index in [1.165, 1.54) is 32.4 Å². The molecule has 2 aliphatic rings. The van der Waals surface area contributed by atoms with E-state index in [0.717, 1.165) is 13.0 Å². The number of aliphatic hydroxyl groups is 1. The lowest BCUT2D eigenvalue weighted by Gasteiger charge is -2.57. The Hall–Kier alpha value is -0.120. The molecule has 0 amide bonds. The average Bonchev–Trinajstić information content (AvgIpc) is 2.04. The number of β-amino-alcohol motifs (C(OH)–C–C–N with tert-alkyl or cyclic N) is 1. The summed E-state index contributed by atoms with van der Waals surface area (Å²) in [6.07, 6.45) is 4.95. The molecule has 0 aromatic carbocycles. The van der Waals surface area contributed by atoms with E-state index in [1.54, 1.807) is 7.11 Å². The molecule has 1 saturated heterocycles. The van der Waals surface area contributed by atoms with Crippen LogP contribution in [0.4, 0.5) is 0 Å². The number of hydrogen-bond acceptors (Lipinski definition) is 3. The fourth-order valence-electron chi connectivity index (χ4n) is 2.89. The second kappa shape index (κ2) is 4.04. The normalized spacial score (nSPS) is 28.2. The van der Waals surface area contributed by atoms with Crippen molar-refractivity contribution in [3.63, 3.8) is 0 Å². The van der Waals surface area contributed by atoms with Gasteiger partial charge in [0, 0.05) is 39.8 Å². The van der Waals surface area contributed by atoms with Crippen molar-refractivity contribution in [2.75, 3.05) is 33.4 Å². The molecule has 0 aromatic heterocycles. The highest BCUT2D eigenvalue weighted by Crippen LogP contribution is 2.48. The van der Waals surface area contributed by atoms with Crippen LogP contribution in [0.1, 0.15) is 32.6 Å². The zero-order chi connectivity index (χ0) is 10.9. The molecule has 1 saturated carbocycles. The third-order valence-electron chi connectivity index (χ3n) is 3.94. The number of methoxy groups -OCH3 is 1. The van der Waals surface area contributed by atoms with E-state index in [9.17, 15) is 5.11 Å². The summed E-state index contributed by atoms with van der Waals surface area (Å²) in [5.41, 5.74) is 0.0820. The van der Waals surface area contributed by atoms with E-state index in [-0.39, 0.29) is 0 Å². The van der Waals surface area contributed by atoms with Crippen molar-refractivity contribution in [3.8, 4) is 0 Å². The molecule has 1 N–H and O–H groups in total. The molecule has 1 heterocycles. The minimum atomic E-state index is -0.582. The molecule has 1 aliphatic heterocycles. The summed E-state index contributed by atoms with van der Waals surface area (Å²) in [7, 11) is 1.68. The predicted molar refractivity (Wildman–Crippen MR) is 59.8 cm³/mol. The van der Waals surface area contributed by atoms with Crippen LogP contribution in [0.15, 0.2) is 0 Å². The SMILES string of the molecule is COCCC(C)(O)CN1CC2(CCC2)C1. The van der Waals surface area contributed by atoms with Gasteiger partial charge in [-0.2, -0.15) is 0 Å². The molecule has 2 fully saturated rings. The molecular formula is C12H23NO2. The first-order valence-electron chi connectivity index (χ1n) is 5.99. The van der Waals surface area contributed by atoms with Crippen LogP contribution in [0.5, 0.6) is 0 Å². The average molecular weight is 213 g/mol. The maximum Gasteiger partial charge on any atom is 0.0768 e. The summed E-state index contributed by atoms with van der Waals surface area (Å²) in [6.45, 7) is 5.77. The Morgan fingerprint density at radius 3 is 2.53 bits per heavy atom. The Labute approximate surface area is 92.4 Å². The molecule has 15 heavy (non-hydrogen) atoms. The highest BCUT2D eigenvalue weighted by molar-refractivity contribution is 5.01. The van der Waals surface area contributed by atoms with Crippen LogP contribution in [0.3, 0.4) is 0 Å². The summed E-state index contributed by atoms with van der Waals surface area (Å²) in [5, 5.41) is 10.1. The molecule has 88 valence electrons. The van der Waals surface area contributed by atoms with Crippen molar-refractivity contribution < 1.29 is 9.84 Å². The molecule has 1 unspecified atom stereocenters. The molecule has 1 atom stereocenters. The minimum Gasteiger partial charge on any atom is -0.389 e. The van der Waals surface area contributed by atoms with Gasteiger partial charge < -0.3 is 9.84 Å². The van der Waals surface area contributed by atoms with Crippen LogP contribution < -0.4 is 0 Å². The molecule has 3 nitrogen and oxygen atoms in total. The summed E-state index contributed by atoms with van der Waals surface area (Å²) in [6, 6.07) is 0. The van der Waals surface area contributed by atoms with Gasteiger partial charge in [-0.25, -0.2) is 0 Å². The van der Waals surface area contributed by atoms with E-state index in [1.807, 2.05) is 6.92 Å². The third-order valence-corrected chi connectivity index (χ3v) is 3.94. The molecule has 3 heteroatoms. The molecule has 0 aromatic rings. The van der Waals surface area contributed by atoms with Crippen molar-refractivity contribution in [1.82, 2.24) is 4.90 Å². The summed E-state index contributed by atoms with van der Waals surface area (Å²) >= 11 is 0. The highest BCUT2D eigenvalue weighted by Gasteiger charge is 2.48. The van der Waals surface area contributed by atoms with Gasteiger partial charge in [-0.05, 0) is 25.2 Å². The first kappa shape index (κ1) is 11.4. The van der Waals surface area contributed by atoms with E-state index in [0.29, 0.717) is 12.0 Å². The number of nitrogens with zero attached hydrogens (tertiary/aromatic N) is 1. The van der Waals surface area contributed by atoms with Gasteiger partial charge in [0.1, 0.15) is 0 Å². The van der Waals surface area contributed by atoms with Crippen LogP contribution in [-0.4, -0.2) is 49.0 Å². The van der Waals surface area contributed by atoms with Crippen LogP contribution >= 0.6 is 0 Å². The Balaban J connectivity index is 1.68. The second-order valence-electron chi connectivity index (χ2n) is 5.74. The van der Waals surface area contributed by atoms with Crippen molar-refractivity contribution in [3.05, 3.63) is 0 Å². The Morgan fingerprint density at radius 2 is 2.07 bits per heavy atom. The lowest BCUT2D eigenvalue weighted by Crippen LogP contribution is -2.62. The summed E-state index contributed by atoms with van der Waals surface area (Å²) < 4.78 is 5.01. The number of rotatable bonds is 5. The van der Waals surface area contributed by atoms with Gasteiger partial charge in [0.05, 0.1) is 5.60 Å². The lowest BCUT2D eigenvalue weighted by atomic mass is 9.63. The fraction of sp³-hybridized carbons (Fsp3) is 1.00. The minimum absolute atomic E-state index is 0.582. The molecule has 1 spiro atoms. The molecular weight excluding hydrogens is 190 g/mol. The standard InChI is InChI=1S/C12H23NO2/c1-11(14,6-7-15-2)8-13-9-12(10-13)4-3-5-12/h14H,3-10H2,1-2H3. The number of hydrogen-bond donors (Lipinski definition) is 1. The second-order valence-corrected chi connectivity index (χ2v) is 5.74. The molecule has 2 rings (SSSR count). The van der Waals surface area contributed by atoms with Gasteiger partial charge in [0.15, 0.2) is 0 Å². The monoisotopic (exact) mass is 213 g/mol. The van der Waals surface area contributed by atoms with Gasteiger partial charge in [0.2, 0.25) is 0 Å². The van der Waals surface area contributed by atoms with Crippen LogP contribution in [-0.2, 0) is 4.74 Å². The quantitative estimate of drug-likeness (QED) is 0.746. The van der Waals surface area contributed by atoms with Gasteiger partial charge >= 0.3 is 0 Å². The highest BCUT2D eigenvalue weighted by atomic mass is 16.5. The first-order chi connectivity index (χ1) is 7.05. The largest absolute Gasteiger partial charge is 0.389 e. The van der Waals surface area contributed by atoms with E-state index in [4.69, 9.17) is 4.74 Å². The Kier molecular flexibility index (Phi) is 3.06. The van der Waals surface area contributed by atoms with Gasteiger partial charge in [-0.1, -0.05) is 6.42 Å². The van der Waals surface area contributed by atoms with E-state index >= 15 is 0 Å². The van der Waals surface area contributed by atoms with Crippen molar-refractivity contribution in [2.24, 2.45) is 5.41 Å². The van der Waals surface area contributed by atoms with Gasteiger partial charge in [0.25, 0.3) is 0 Å². The summed E-state index contributed by atoms with van der Waals surface area (Å²) in [4.78, 5) is 2.38. The molecule has 0 radical (unpaired) electrons. The van der Waals surface area contributed by atoms with Crippen LogP contribution in [0.25, 0.3) is 0 Å². The van der Waals surface area contributed by atoms with Gasteiger partial charge in [-0.15, -0.1) is 0 Å². The predicted octanol–water partition coefficient (Wildman–Crippen LogP) is 1.26. The maximum atomic E-state index is 10.1. The Morgan fingerprint density at radius 1 is 1.40 bits per heavy atom. The smallest absolute Gasteiger partial charge is 0.0768 e. The number of likely N-dealkylation sites (tertiary alicyclic amines) is 1. The van der Waals surface area contributed by atoms with E-state index < -0.39 is 5.60 Å². The van der Waals surface area contributed by atoms with Crippen molar-refractivity contribution in [2.45, 2.75) is 38.2 Å². The van der Waals surface area contributed by atoms with Crippen molar-refractivity contribution in [1.29, 1.82) is 0 Å². The van der Waals surface area contributed by atoms with Gasteiger partial charge in [-0.3, -0.25) is 4.90 Å². The topological polar surface area (TPSA) is 32.7 Å². The zero-order valence-electron chi connectivity index (χ0n) is 9.96. The van der Waals surface area contributed by atoms with Crippen molar-refractivity contribution >= 4 is 0 Å². The molecule has 0 bridgehead atoms. The van der Waals surface area contributed by atoms with Crippen LogP contribution in [0.2, 0.25) is 0 Å². The Bertz CT molecular complexity index is 216. The number of ether oxygens (including phenoxy) is 1. The third kappa shape index (κ3) is 2.52. The molecule has 1 aliphatic carbocycles. The lowest BCUT2D eigenvalue weighted by molar-refractivity contribution is -0.101. The zero-order valence-corrected chi connectivity index (χ0v) is 9.96. The van der Waals surface area contributed by atoms with Crippen LogP contribution in [0, 0.1) is 5.41 Å². The maximum absolute atomic E-state index is 10.1. The fourth-order valence-corrected chi connectivity index (χ4v) is 2.89. The summed E-state index contributed by atoms with van der Waals surface area (Å²) in [5.74, 6) is 0. The first-order valence-corrected chi connectivity index (χ1v) is 5.99.